The minimum atomic E-state index is -1.21. The van der Waals surface area contributed by atoms with Gasteiger partial charge in [0.05, 0.1) is 30.1 Å². The van der Waals surface area contributed by atoms with Gasteiger partial charge in [0.1, 0.15) is 29.4 Å². The number of hydrogen-bond acceptors (Lipinski definition) is 11. The zero-order valence-electron chi connectivity index (χ0n) is 40.2. The van der Waals surface area contributed by atoms with E-state index < -0.39 is 46.9 Å². The highest BCUT2D eigenvalue weighted by Gasteiger charge is 2.64. The number of nitrogens with zero attached hydrogens (tertiary/aromatic N) is 5. The number of phenols is 1. The number of esters is 1. The lowest BCUT2D eigenvalue weighted by molar-refractivity contribution is -0.156. The molecule has 10 rings (SSSR count). The van der Waals surface area contributed by atoms with Gasteiger partial charge in [-0.05, 0) is 123 Å². The third-order valence-electron chi connectivity index (χ3n) is 14.7. The Hall–Kier alpha value is -6.10. The van der Waals surface area contributed by atoms with Crippen LogP contribution < -0.4 is 16.1 Å². The fraction of sp³-hybridized carbons (Fsp3) is 0.500. The van der Waals surface area contributed by atoms with Gasteiger partial charge in [-0.15, -0.1) is 0 Å². The van der Waals surface area contributed by atoms with E-state index in [9.17, 15) is 29.1 Å². The molecule has 4 amide bonds. The van der Waals surface area contributed by atoms with Crippen molar-refractivity contribution in [3.63, 3.8) is 0 Å². The number of benzene rings is 2. The number of phenolic OH excluding ortho intramolecular Hbond substituents is 1. The second-order valence-corrected chi connectivity index (χ2v) is 20.4. The molecule has 68 heavy (non-hydrogen) atoms. The van der Waals surface area contributed by atoms with Crippen molar-refractivity contribution in [1.29, 1.82) is 0 Å². The van der Waals surface area contributed by atoms with Crippen LogP contribution in [-0.2, 0) is 52.8 Å². The van der Waals surface area contributed by atoms with E-state index in [2.05, 4.69) is 66.2 Å². The fourth-order valence-corrected chi connectivity index (χ4v) is 11.2. The molecule has 0 spiro atoms. The number of aromatic nitrogens is 2. The van der Waals surface area contributed by atoms with Crippen LogP contribution in [0, 0.1) is 11.3 Å². The zero-order valence-corrected chi connectivity index (χ0v) is 40.2. The molecule has 5 aliphatic heterocycles. The molecule has 4 saturated heterocycles. The highest BCUT2D eigenvalue weighted by molar-refractivity contribution is 6.00. The van der Waals surface area contributed by atoms with Gasteiger partial charge in [-0.2, -0.15) is 0 Å². The smallest absolute Gasteiger partial charge is 0.324 e. The third-order valence-corrected chi connectivity index (χ3v) is 14.7. The van der Waals surface area contributed by atoms with Crippen LogP contribution in [0.15, 0.2) is 66.9 Å². The SMILES string of the molecule is C=C(C)[C@@H](C(=O)N[C@H]1Cc2cc(O)cc(c2)-c2ccc3c(c2)c(c(-c2cccnc2[C@H](C)OC)n3CC)CC(C)(C)COC(=O)[C@@H]2CCCN(N2)C1=O)N(C)C(=O)C12CC(CN1C(=O)[C@@H]1CN1)C2. The van der Waals surface area contributed by atoms with Gasteiger partial charge in [0.2, 0.25) is 17.7 Å². The van der Waals surface area contributed by atoms with Crippen molar-refractivity contribution >= 4 is 40.5 Å². The summed E-state index contributed by atoms with van der Waals surface area (Å²) in [5.41, 5.74) is 8.81. The molecule has 0 unspecified atom stereocenters. The molecule has 2 aromatic carbocycles. The average molecular weight is 929 g/mol. The van der Waals surface area contributed by atoms with E-state index in [4.69, 9.17) is 14.5 Å². The first-order valence-corrected chi connectivity index (χ1v) is 23.9. The molecular weight excluding hydrogens is 865 g/mol. The lowest BCUT2D eigenvalue weighted by Gasteiger charge is -2.44. The van der Waals surface area contributed by atoms with Crippen LogP contribution in [0.5, 0.6) is 5.75 Å². The molecular formula is C52H64N8O8. The van der Waals surface area contributed by atoms with Crippen molar-refractivity contribution in [3.05, 3.63) is 83.7 Å². The summed E-state index contributed by atoms with van der Waals surface area (Å²) >= 11 is 0. The van der Waals surface area contributed by atoms with E-state index in [-0.39, 0.29) is 55.2 Å². The molecule has 360 valence electrons. The summed E-state index contributed by atoms with van der Waals surface area (Å²) in [5.74, 6) is -1.86. The monoisotopic (exact) mass is 928 g/mol. The highest BCUT2D eigenvalue weighted by atomic mass is 16.5. The number of aromatic hydroxyl groups is 1. The Kier molecular flexibility index (Phi) is 12.5. The summed E-state index contributed by atoms with van der Waals surface area (Å²) in [6, 6.07) is 11.9. The maximum absolute atomic E-state index is 14.8. The number of aryl methyl sites for hydroxylation is 1. The summed E-state index contributed by atoms with van der Waals surface area (Å²) in [5, 5.41) is 19.8. The molecule has 0 radical (unpaired) electrons. The van der Waals surface area contributed by atoms with Crippen LogP contribution in [0.25, 0.3) is 33.3 Å². The zero-order chi connectivity index (χ0) is 48.4. The lowest BCUT2D eigenvalue weighted by atomic mass is 9.72. The maximum atomic E-state index is 14.8. The number of amides is 4. The van der Waals surface area contributed by atoms with Gasteiger partial charge < -0.3 is 39.6 Å². The Morgan fingerprint density at radius 2 is 1.88 bits per heavy atom. The molecule has 1 aliphatic carbocycles. The van der Waals surface area contributed by atoms with Crippen LogP contribution in [0.2, 0.25) is 0 Å². The Balaban J connectivity index is 1.11. The number of hydrogen-bond donors (Lipinski definition) is 4. The lowest BCUT2D eigenvalue weighted by Crippen LogP contribution is -2.64. The van der Waals surface area contributed by atoms with Crippen molar-refractivity contribution < 1.29 is 38.6 Å². The first-order valence-electron chi connectivity index (χ1n) is 23.9. The van der Waals surface area contributed by atoms with Crippen LogP contribution in [0.3, 0.4) is 0 Å². The number of cyclic esters (lactones) is 1. The number of carbonyl (C=O) groups is 5. The molecule has 16 heteroatoms. The average Bonchev–Trinajstić information content (AvgIpc) is 3.90. The minimum Gasteiger partial charge on any atom is -0.508 e. The first-order chi connectivity index (χ1) is 32.4. The number of likely N-dealkylation sites (N-methyl/N-ethyl adjacent to an activating group) is 1. The number of rotatable bonds is 10. The van der Waals surface area contributed by atoms with Gasteiger partial charge in [-0.3, -0.25) is 34.0 Å². The molecule has 4 aromatic rings. The molecule has 8 bridgehead atoms. The molecule has 6 aliphatic rings. The van der Waals surface area contributed by atoms with Crippen molar-refractivity contribution in [2.45, 2.75) is 115 Å². The quantitative estimate of drug-likeness (QED) is 0.0968. The van der Waals surface area contributed by atoms with E-state index in [1.165, 1.54) is 9.91 Å². The van der Waals surface area contributed by atoms with E-state index in [0.717, 1.165) is 39.0 Å². The molecule has 5 atom stereocenters. The van der Waals surface area contributed by atoms with Crippen LogP contribution in [-0.4, -0.2) is 129 Å². The topological polar surface area (TPSA) is 198 Å². The number of carbonyl (C=O) groups excluding carboxylic acids is 5. The second kappa shape index (κ2) is 18.1. The highest BCUT2D eigenvalue weighted by Crippen LogP contribution is 2.52. The summed E-state index contributed by atoms with van der Waals surface area (Å²) in [4.78, 5) is 79.1. The Bertz CT molecular complexity index is 2700. The molecule has 5 fully saturated rings. The predicted molar refractivity (Wildman–Crippen MR) is 256 cm³/mol. The van der Waals surface area contributed by atoms with Crippen molar-refractivity contribution in [2.75, 3.05) is 40.4 Å². The van der Waals surface area contributed by atoms with E-state index in [1.807, 2.05) is 25.1 Å². The van der Waals surface area contributed by atoms with Gasteiger partial charge in [-0.1, -0.05) is 32.6 Å². The van der Waals surface area contributed by atoms with Gasteiger partial charge in [0.25, 0.3) is 5.91 Å². The van der Waals surface area contributed by atoms with E-state index in [0.29, 0.717) is 68.4 Å². The second-order valence-electron chi connectivity index (χ2n) is 20.4. The molecule has 1 saturated carbocycles. The Morgan fingerprint density at radius 1 is 1.12 bits per heavy atom. The van der Waals surface area contributed by atoms with Gasteiger partial charge in [-0.25, -0.2) is 5.43 Å². The van der Waals surface area contributed by atoms with Crippen LogP contribution in [0.4, 0.5) is 0 Å². The number of pyridine rings is 1. The number of hydrazine groups is 1. The van der Waals surface area contributed by atoms with E-state index >= 15 is 0 Å². The molecule has 4 N–H and O–H groups in total. The maximum Gasteiger partial charge on any atom is 0.324 e. The molecule has 16 nitrogen and oxygen atoms in total. The summed E-state index contributed by atoms with van der Waals surface area (Å²) in [7, 11) is 3.22. The van der Waals surface area contributed by atoms with Crippen LogP contribution in [0.1, 0.15) is 83.2 Å². The Labute approximate surface area is 397 Å². The van der Waals surface area contributed by atoms with Gasteiger partial charge >= 0.3 is 5.97 Å². The van der Waals surface area contributed by atoms with Crippen molar-refractivity contribution in [1.82, 2.24) is 40.4 Å². The summed E-state index contributed by atoms with van der Waals surface area (Å²) < 4.78 is 14.2. The minimum absolute atomic E-state index is 0.0228. The third kappa shape index (κ3) is 8.55. The molecule has 2 aromatic heterocycles. The number of fused-ring (bicyclic) bond motifs is 7. The van der Waals surface area contributed by atoms with Gasteiger partial charge in [0.15, 0.2) is 0 Å². The number of ether oxygens (including phenoxy) is 2. The largest absolute Gasteiger partial charge is 0.508 e. The normalized spacial score (nSPS) is 25.2. The Morgan fingerprint density at radius 3 is 2.59 bits per heavy atom. The summed E-state index contributed by atoms with van der Waals surface area (Å²) in [6.07, 6.45) is 3.96. The van der Waals surface area contributed by atoms with Gasteiger partial charge in [0, 0.05) is 74.8 Å². The predicted octanol–water partition coefficient (Wildman–Crippen LogP) is 4.82. The van der Waals surface area contributed by atoms with Crippen molar-refractivity contribution in [2.24, 2.45) is 11.3 Å². The van der Waals surface area contributed by atoms with E-state index in [1.54, 1.807) is 44.3 Å². The number of methoxy groups -OCH3 is 1. The summed E-state index contributed by atoms with van der Waals surface area (Å²) in [6.45, 7) is 16.1. The van der Waals surface area contributed by atoms with Crippen molar-refractivity contribution in [3.8, 4) is 28.1 Å². The standard InChI is InChI=1S/C52H64N8O8/c1-9-58-42-15-14-33-22-37(42)38(45(58)36-12-10-16-53-43(36)30(4)67-8)25-51(5,6)28-68-49(65)39-13-11-17-60(56-39)48(64)40(20-31-18-34(33)21-35(61)19-31)55-46(62)44(29(2)3)57(7)50(66)52-23-32(24-52)27-59(52)47(63)41-26-54-41/h10,12,14-16,18-19,21-22,30,32,39-41,44,54,56,61H,2,9,11,13,17,20,23-28H2,1,3-8H3,(H,55,62)/t30-,32?,39-,40-,41-,44-,52?/m0/s1. The first kappa shape index (κ1) is 47.0. The molecule has 7 heterocycles. The fourth-order valence-electron chi connectivity index (χ4n) is 11.2. The number of nitrogens with one attached hydrogen (secondary N) is 3. The van der Waals surface area contributed by atoms with Crippen LogP contribution >= 0.6 is 0 Å².